The van der Waals surface area contributed by atoms with Gasteiger partial charge in [0.1, 0.15) is 0 Å². The van der Waals surface area contributed by atoms with Crippen LogP contribution in [0.2, 0.25) is 0 Å². The second-order valence-electron chi connectivity index (χ2n) is 5.29. The van der Waals surface area contributed by atoms with E-state index in [0.717, 1.165) is 30.6 Å². The number of hydrogen-bond donors (Lipinski definition) is 1. The lowest BCUT2D eigenvalue weighted by Crippen LogP contribution is -2.29. The SMILES string of the molecule is CN(Cc1ccc(C#CCN)cc1)C(=O)CC1CCCO1. The Labute approximate surface area is 126 Å². The molecule has 1 unspecified atom stereocenters. The molecule has 1 heterocycles. The smallest absolute Gasteiger partial charge is 0.225 e. The zero-order chi connectivity index (χ0) is 15.1. The van der Waals surface area contributed by atoms with Crippen LogP contribution in [-0.2, 0) is 16.1 Å². The highest BCUT2D eigenvalue weighted by Crippen LogP contribution is 2.16. The largest absolute Gasteiger partial charge is 0.378 e. The van der Waals surface area contributed by atoms with Gasteiger partial charge in [-0.05, 0) is 30.5 Å². The molecule has 112 valence electrons. The third-order valence-electron chi connectivity index (χ3n) is 3.56. The Balaban J connectivity index is 1.86. The molecule has 21 heavy (non-hydrogen) atoms. The van der Waals surface area contributed by atoms with Gasteiger partial charge in [-0.1, -0.05) is 24.0 Å². The maximum atomic E-state index is 12.1. The van der Waals surface area contributed by atoms with Crippen molar-refractivity contribution in [3.8, 4) is 11.8 Å². The molecule has 1 aromatic carbocycles. The fraction of sp³-hybridized carbons (Fsp3) is 0.471. The highest BCUT2D eigenvalue weighted by molar-refractivity contribution is 5.76. The minimum Gasteiger partial charge on any atom is -0.378 e. The summed E-state index contributed by atoms with van der Waals surface area (Å²) in [5.74, 6) is 5.94. The zero-order valence-corrected chi connectivity index (χ0v) is 12.5. The summed E-state index contributed by atoms with van der Waals surface area (Å²) in [6.45, 7) is 1.76. The molecular weight excluding hydrogens is 264 g/mol. The Hall–Kier alpha value is -1.83. The Morgan fingerprint density at radius 2 is 2.19 bits per heavy atom. The van der Waals surface area contributed by atoms with Crippen molar-refractivity contribution in [2.45, 2.75) is 31.9 Å². The lowest BCUT2D eigenvalue weighted by Gasteiger charge is -2.19. The minimum atomic E-state index is 0.105. The molecule has 0 spiro atoms. The Kier molecular flexibility index (Phi) is 5.79. The minimum absolute atomic E-state index is 0.105. The van der Waals surface area contributed by atoms with Crippen molar-refractivity contribution in [3.05, 3.63) is 35.4 Å². The van der Waals surface area contributed by atoms with Crippen LogP contribution in [0, 0.1) is 11.8 Å². The molecule has 1 atom stereocenters. The van der Waals surface area contributed by atoms with Crippen LogP contribution in [0.25, 0.3) is 0 Å². The number of amides is 1. The van der Waals surface area contributed by atoms with E-state index in [0.29, 0.717) is 19.5 Å². The molecule has 2 N–H and O–H groups in total. The maximum absolute atomic E-state index is 12.1. The first kappa shape index (κ1) is 15.6. The first-order valence-corrected chi connectivity index (χ1v) is 7.32. The standard InChI is InChI=1S/C17H22N2O2/c1-19(17(20)12-16-5-3-11-21-16)13-15-8-6-14(7-9-15)4-2-10-18/h6-9,16H,3,5,10-13,18H2,1H3. The Morgan fingerprint density at radius 3 is 2.81 bits per heavy atom. The molecule has 0 radical (unpaired) electrons. The zero-order valence-electron chi connectivity index (χ0n) is 12.5. The quantitative estimate of drug-likeness (QED) is 0.854. The second-order valence-corrected chi connectivity index (χ2v) is 5.29. The van der Waals surface area contributed by atoms with Gasteiger partial charge >= 0.3 is 0 Å². The average Bonchev–Trinajstić information content (AvgIpc) is 2.99. The van der Waals surface area contributed by atoms with E-state index in [1.54, 1.807) is 4.90 Å². The van der Waals surface area contributed by atoms with E-state index in [2.05, 4.69) is 11.8 Å². The fourth-order valence-electron chi connectivity index (χ4n) is 2.36. The van der Waals surface area contributed by atoms with Gasteiger partial charge in [-0.15, -0.1) is 0 Å². The lowest BCUT2D eigenvalue weighted by molar-refractivity contribution is -0.132. The normalized spacial score (nSPS) is 17.1. The number of carbonyl (C=O) groups is 1. The summed E-state index contributed by atoms with van der Waals surface area (Å²) in [5, 5.41) is 0. The number of nitrogens with zero attached hydrogens (tertiary/aromatic N) is 1. The van der Waals surface area contributed by atoms with Crippen LogP contribution < -0.4 is 5.73 Å². The third-order valence-corrected chi connectivity index (χ3v) is 3.56. The summed E-state index contributed by atoms with van der Waals surface area (Å²) < 4.78 is 5.50. The van der Waals surface area contributed by atoms with Gasteiger partial charge in [-0.2, -0.15) is 0 Å². The molecule has 1 aliphatic rings. The molecule has 0 aliphatic carbocycles. The van der Waals surface area contributed by atoms with Gasteiger partial charge in [0.05, 0.1) is 19.1 Å². The van der Waals surface area contributed by atoms with Gasteiger partial charge in [0.15, 0.2) is 0 Å². The van der Waals surface area contributed by atoms with Crippen molar-refractivity contribution in [2.75, 3.05) is 20.2 Å². The van der Waals surface area contributed by atoms with Gasteiger partial charge in [0.25, 0.3) is 0 Å². The fourth-order valence-corrected chi connectivity index (χ4v) is 2.36. The van der Waals surface area contributed by atoms with E-state index in [4.69, 9.17) is 10.5 Å². The molecular formula is C17H22N2O2. The molecule has 1 aliphatic heterocycles. The molecule has 0 bridgehead atoms. The van der Waals surface area contributed by atoms with E-state index < -0.39 is 0 Å². The van der Waals surface area contributed by atoms with Crippen molar-refractivity contribution in [1.29, 1.82) is 0 Å². The summed E-state index contributed by atoms with van der Waals surface area (Å²) in [7, 11) is 1.83. The van der Waals surface area contributed by atoms with Crippen LogP contribution in [-0.4, -0.2) is 37.1 Å². The van der Waals surface area contributed by atoms with Gasteiger partial charge in [0.2, 0.25) is 5.91 Å². The summed E-state index contributed by atoms with van der Waals surface area (Å²) in [6, 6.07) is 7.90. The van der Waals surface area contributed by atoms with E-state index in [1.165, 1.54) is 0 Å². The van der Waals surface area contributed by atoms with Crippen molar-refractivity contribution in [1.82, 2.24) is 4.90 Å². The van der Waals surface area contributed by atoms with Crippen LogP contribution in [0.5, 0.6) is 0 Å². The van der Waals surface area contributed by atoms with E-state index in [-0.39, 0.29) is 12.0 Å². The number of rotatable bonds is 4. The van der Waals surface area contributed by atoms with Crippen LogP contribution in [0.4, 0.5) is 0 Å². The van der Waals surface area contributed by atoms with Crippen LogP contribution in [0.15, 0.2) is 24.3 Å². The van der Waals surface area contributed by atoms with Crippen molar-refractivity contribution < 1.29 is 9.53 Å². The van der Waals surface area contributed by atoms with Crippen molar-refractivity contribution >= 4 is 5.91 Å². The highest BCUT2D eigenvalue weighted by Gasteiger charge is 2.21. The Morgan fingerprint density at radius 1 is 1.43 bits per heavy atom. The first-order valence-electron chi connectivity index (χ1n) is 7.32. The first-order chi connectivity index (χ1) is 10.2. The van der Waals surface area contributed by atoms with Gasteiger partial charge in [0, 0.05) is 25.8 Å². The number of hydrogen-bond acceptors (Lipinski definition) is 3. The van der Waals surface area contributed by atoms with Gasteiger partial charge < -0.3 is 15.4 Å². The highest BCUT2D eigenvalue weighted by atomic mass is 16.5. The molecule has 0 aromatic heterocycles. The predicted molar refractivity (Wildman–Crippen MR) is 82.4 cm³/mol. The van der Waals surface area contributed by atoms with Gasteiger partial charge in [-0.3, -0.25) is 4.79 Å². The Bertz CT molecular complexity index is 522. The average molecular weight is 286 g/mol. The van der Waals surface area contributed by atoms with Gasteiger partial charge in [-0.25, -0.2) is 0 Å². The number of benzene rings is 1. The third kappa shape index (κ3) is 4.89. The number of nitrogens with two attached hydrogens (primary N) is 1. The van der Waals surface area contributed by atoms with E-state index in [1.807, 2.05) is 31.3 Å². The van der Waals surface area contributed by atoms with Crippen LogP contribution >= 0.6 is 0 Å². The summed E-state index contributed by atoms with van der Waals surface area (Å²) in [6.07, 6.45) is 2.64. The summed E-state index contributed by atoms with van der Waals surface area (Å²) in [4.78, 5) is 13.9. The van der Waals surface area contributed by atoms with E-state index >= 15 is 0 Å². The molecule has 1 aromatic rings. The monoisotopic (exact) mass is 286 g/mol. The van der Waals surface area contributed by atoms with Crippen LogP contribution in [0.1, 0.15) is 30.4 Å². The maximum Gasteiger partial charge on any atom is 0.225 e. The molecule has 4 heteroatoms. The second kappa shape index (κ2) is 7.82. The summed E-state index contributed by atoms with van der Waals surface area (Å²) >= 11 is 0. The number of ether oxygens (including phenoxy) is 1. The molecule has 1 fully saturated rings. The lowest BCUT2D eigenvalue weighted by atomic mass is 10.1. The molecule has 2 rings (SSSR count). The van der Waals surface area contributed by atoms with Crippen molar-refractivity contribution in [3.63, 3.8) is 0 Å². The predicted octanol–water partition coefficient (Wildman–Crippen LogP) is 1.52. The molecule has 1 amide bonds. The summed E-state index contributed by atoms with van der Waals surface area (Å²) in [5.41, 5.74) is 7.38. The van der Waals surface area contributed by atoms with E-state index in [9.17, 15) is 4.79 Å². The molecule has 1 saturated heterocycles. The van der Waals surface area contributed by atoms with Crippen LogP contribution in [0.3, 0.4) is 0 Å². The topological polar surface area (TPSA) is 55.6 Å². The molecule has 4 nitrogen and oxygen atoms in total. The number of carbonyl (C=O) groups excluding carboxylic acids is 1. The van der Waals surface area contributed by atoms with Crippen molar-refractivity contribution in [2.24, 2.45) is 5.73 Å². The molecule has 0 saturated carbocycles.